The molecule has 124 valence electrons. The van der Waals surface area contributed by atoms with Gasteiger partial charge in [0, 0.05) is 30.8 Å². The first-order chi connectivity index (χ1) is 11.5. The fraction of sp³-hybridized carbons (Fsp3) is 0.222. The van der Waals surface area contributed by atoms with Crippen molar-refractivity contribution in [3.63, 3.8) is 0 Å². The number of anilines is 1. The van der Waals surface area contributed by atoms with E-state index in [0.29, 0.717) is 11.3 Å². The van der Waals surface area contributed by atoms with Crippen molar-refractivity contribution in [1.82, 2.24) is 5.32 Å². The number of carbonyl (C=O) groups is 2. The van der Waals surface area contributed by atoms with Crippen LogP contribution in [0.1, 0.15) is 12.0 Å². The zero-order valence-electron chi connectivity index (χ0n) is 12.9. The normalized spacial score (nSPS) is 20.2. The molecule has 2 amide bonds. The van der Waals surface area contributed by atoms with Crippen LogP contribution in [0.2, 0.25) is 0 Å². The van der Waals surface area contributed by atoms with E-state index < -0.39 is 23.2 Å². The molecule has 0 saturated carbocycles. The molecule has 0 aromatic heterocycles. The molecule has 1 heterocycles. The van der Waals surface area contributed by atoms with Crippen LogP contribution in [0, 0.1) is 5.82 Å². The number of hydrogen-bond acceptors (Lipinski definition) is 3. The molecule has 1 saturated heterocycles. The number of nitrogens with zero attached hydrogens (tertiary/aromatic N) is 1. The van der Waals surface area contributed by atoms with Gasteiger partial charge in [-0.1, -0.05) is 36.4 Å². The van der Waals surface area contributed by atoms with Crippen LogP contribution < -0.4 is 10.2 Å². The maximum atomic E-state index is 13.6. The van der Waals surface area contributed by atoms with Gasteiger partial charge in [0.25, 0.3) is 11.8 Å². The molecule has 24 heavy (non-hydrogen) atoms. The molecule has 0 aliphatic carbocycles. The summed E-state index contributed by atoms with van der Waals surface area (Å²) in [4.78, 5) is 26.2. The molecule has 1 atom stereocenters. The lowest BCUT2D eigenvalue weighted by atomic mass is 10.0. The molecule has 2 aromatic carbocycles. The van der Waals surface area contributed by atoms with Gasteiger partial charge in [-0.25, -0.2) is 4.39 Å². The van der Waals surface area contributed by atoms with Crippen molar-refractivity contribution in [2.75, 3.05) is 11.4 Å². The Labute approximate surface area is 138 Å². The van der Waals surface area contributed by atoms with Gasteiger partial charge in [0.05, 0.1) is 0 Å². The zero-order chi connectivity index (χ0) is 17.2. The second-order valence-corrected chi connectivity index (χ2v) is 5.68. The topological polar surface area (TPSA) is 69.6 Å². The van der Waals surface area contributed by atoms with E-state index in [-0.39, 0.29) is 19.5 Å². The van der Waals surface area contributed by atoms with Gasteiger partial charge in [-0.3, -0.25) is 9.59 Å². The summed E-state index contributed by atoms with van der Waals surface area (Å²) in [5, 5.41) is 13.0. The Hall–Kier alpha value is -2.73. The maximum Gasteiger partial charge on any atom is 0.268 e. The van der Waals surface area contributed by atoms with Gasteiger partial charge in [-0.2, -0.15) is 0 Å². The van der Waals surface area contributed by atoms with Gasteiger partial charge in [-0.05, 0) is 18.2 Å². The van der Waals surface area contributed by atoms with Crippen molar-refractivity contribution in [3.05, 3.63) is 66.0 Å². The van der Waals surface area contributed by atoms with Gasteiger partial charge in [0.2, 0.25) is 5.60 Å². The van der Waals surface area contributed by atoms with E-state index in [2.05, 4.69) is 5.32 Å². The summed E-state index contributed by atoms with van der Waals surface area (Å²) in [6, 6.07) is 14.9. The molecule has 6 heteroatoms. The number of hydrogen-bond donors (Lipinski definition) is 2. The molecule has 1 aliphatic rings. The molecule has 3 rings (SSSR count). The highest BCUT2D eigenvalue weighted by atomic mass is 19.1. The van der Waals surface area contributed by atoms with E-state index in [4.69, 9.17) is 0 Å². The molecular weight excluding hydrogens is 311 g/mol. The predicted octanol–water partition coefficient (Wildman–Crippen LogP) is 1.61. The highest BCUT2D eigenvalue weighted by Gasteiger charge is 2.51. The molecule has 0 radical (unpaired) electrons. The maximum absolute atomic E-state index is 13.6. The Kier molecular flexibility index (Phi) is 4.31. The van der Waals surface area contributed by atoms with Crippen LogP contribution in [0.25, 0.3) is 0 Å². The summed E-state index contributed by atoms with van der Waals surface area (Å²) in [5.74, 6) is -1.93. The fourth-order valence-corrected chi connectivity index (χ4v) is 2.73. The lowest BCUT2D eigenvalue weighted by Gasteiger charge is -2.21. The Morgan fingerprint density at radius 2 is 1.83 bits per heavy atom. The molecule has 0 spiro atoms. The standard InChI is InChI=1S/C18H17FN2O3/c19-15-9-5-4-6-13(15)12-20-16(22)18(24)10-11-21(17(18)23)14-7-2-1-3-8-14/h1-9,24H,10-12H2,(H,20,22). The highest BCUT2D eigenvalue weighted by Crippen LogP contribution is 2.28. The minimum absolute atomic E-state index is 0.0101. The monoisotopic (exact) mass is 328 g/mol. The molecule has 1 unspecified atom stereocenters. The van der Waals surface area contributed by atoms with Gasteiger partial charge >= 0.3 is 0 Å². The number of halogens is 1. The Morgan fingerprint density at radius 1 is 1.17 bits per heavy atom. The summed E-state index contributed by atoms with van der Waals surface area (Å²) in [5.41, 5.74) is -1.21. The van der Waals surface area contributed by atoms with Crippen molar-refractivity contribution in [2.24, 2.45) is 0 Å². The van der Waals surface area contributed by atoms with Gasteiger partial charge in [0.1, 0.15) is 5.82 Å². The van der Waals surface area contributed by atoms with E-state index in [9.17, 15) is 19.1 Å². The van der Waals surface area contributed by atoms with Gasteiger partial charge in [-0.15, -0.1) is 0 Å². The van der Waals surface area contributed by atoms with Crippen LogP contribution in [0.5, 0.6) is 0 Å². The van der Waals surface area contributed by atoms with Crippen LogP contribution in [0.3, 0.4) is 0 Å². The lowest BCUT2D eigenvalue weighted by molar-refractivity contribution is -0.149. The number of carbonyl (C=O) groups excluding carboxylic acids is 2. The summed E-state index contributed by atoms with van der Waals surface area (Å²) in [6.45, 7) is 0.152. The van der Waals surface area contributed by atoms with E-state index in [1.165, 1.54) is 17.0 Å². The largest absolute Gasteiger partial charge is 0.372 e. The lowest BCUT2D eigenvalue weighted by Crippen LogP contribution is -2.52. The molecule has 1 fully saturated rings. The first kappa shape index (κ1) is 16.1. The quantitative estimate of drug-likeness (QED) is 0.838. The smallest absolute Gasteiger partial charge is 0.268 e. The first-order valence-corrected chi connectivity index (χ1v) is 7.63. The van der Waals surface area contributed by atoms with Gasteiger partial charge in [0.15, 0.2) is 0 Å². The Morgan fingerprint density at radius 3 is 2.54 bits per heavy atom. The SMILES string of the molecule is O=C(NCc1ccccc1F)C1(O)CCN(c2ccccc2)C1=O. The van der Waals surface area contributed by atoms with E-state index in [0.717, 1.165) is 0 Å². The van der Waals surface area contributed by atoms with E-state index >= 15 is 0 Å². The first-order valence-electron chi connectivity index (χ1n) is 7.63. The summed E-state index contributed by atoms with van der Waals surface area (Å²) < 4.78 is 13.6. The average Bonchev–Trinajstić information content (AvgIpc) is 2.91. The minimum atomic E-state index is -2.12. The van der Waals surface area contributed by atoms with E-state index in [1.54, 1.807) is 36.4 Å². The minimum Gasteiger partial charge on any atom is -0.372 e. The van der Waals surface area contributed by atoms with Crippen LogP contribution in [0.4, 0.5) is 10.1 Å². The summed E-state index contributed by atoms with van der Waals surface area (Å²) >= 11 is 0. The van der Waals surface area contributed by atoms with Crippen LogP contribution in [0.15, 0.2) is 54.6 Å². The summed E-state index contributed by atoms with van der Waals surface area (Å²) in [6.07, 6.45) is -0.0101. The number of nitrogens with one attached hydrogen (secondary N) is 1. The van der Waals surface area contributed by atoms with Crippen LogP contribution in [-0.2, 0) is 16.1 Å². The van der Waals surface area contributed by atoms with Crippen LogP contribution >= 0.6 is 0 Å². The fourth-order valence-electron chi connectivity index (χ4n) is 2.73. The third-order valence-electron chi connectivity index (χ3n) is 4.14. The van der Waals surface area contributed by atoms with Crippen molar-refractivity contribution < 1.29 is 19.1 Å². The third-order valence-corrected chi connectivity index (χ3v) is 4.14. The third kappa shape index (κ3) is 2.88. The second-order valence-electron chi connectivity index (χ2n) is 5.68. The Balaban J connectivity index is 1.71. The second kappa shape index (κ2) is 6.41. The number of amides is 2. The van der Waals surface area contributed by atoms with E-state index in [1.807, 2.05) is 6.07 Å². The molecule has 2 aromatic rings. The zero-order valence-corrected chi connectivity index (χ0v) is 12.9. The van der Waals surface area contributed by atoms with Crippen molar-refractivity contribution in [2.45, 2.75) is 18.6 Å². The molecule has 5 nitrogen and oxygen atoms in total. The van der Waals surface area contributed by atoms with Crippen molar-refractivity contribution in [1.29, 1.82) is 0 Å². The highest BCUT2D eigenvalue weighted by molar-refractivity contribution is 6.16. The van der Waals surface area contributed by atoms with Gasteiger partial charge < -0.3 is 15.3 Å². The molecule has 0 bridgehead atoms. The van der Waals surface area contributed by atoms with Crippen LogP contribution in [-0.4, -0.2) is 29.1 Å². The van der Waals surface area contributed by atoms with Crippen molar-refractivity contribution in [3.8, 4) is 0 Å². The number of para-hydroxylation sites is 1. The molecular formula is C18H17FN2O3. The molecule has 1 aliphatic heterocycles. The number of aliphatic hydroxyl groups is 1. The average molecular weight is 328 g/mol. The Bertz CT molecular complexity index is 766. The number of rotatable bonds is 4. The summed E-state index contributed by atoms with van der Waals surface area (Å²) in [7, 11) is 0. The number of benzene rings is 2. The van der Waals surface area contributed by atoms with Crippen molar-refractivity contribution >= 4 is 17.5 Å². The molecule has 2 N–H and O–H groups in total. The predicted molar refractivity (Wildman–Crippen MR) is 86.6 cm³/mol.